The van der Waals surface area contributed by atoms with Gasteiger partial charge in [-0.1, -0.05) is 0 Å². The zero-order valence-corrected chi connectivity index (χ0v) is 12.1. The van der Waals surface area contributed by atoms with E-state index in [0.717, 1.165) is 0 Å². The van der Waals surface area contributed by atoms with E-state index in [4.69, 9.17) is 5.11 Å². The fourth-order valence-corrected chi connectivity index (χ4v) is 0.547. The highest BCUT2D eigenvalue weighted by Gasteiger charge is 2.44. The van der Waals surface area contributed by atoms with Crippen molar-refractivity contribution >= 4 is 6.16 Å². The minimum absolute atomic E-state index is 1.80. The maximum absolute atomic E-state index is 12.2. The Morgan fingerprint density at radius 1 is 0.692 bits per heavy atom. The zero-order valence-electron chi connectivity index (χ0n) is 12.1. The molecule has 26 heavy (non-hydrogen) atoms. The molecule has 0 aromatic carbocycles. The van der Waals surface area contributed by atoms with E-state index in [1.807, 2.05) is 0 Å². The van der Waals surface area contributed by atoms with Crippen molar-refractivity contribution in [2.75, 3.05) is 19.8 Å². The lowest BCUT2D eigenvalue weighted by atomic mass is 10.4. The molecule has 0 aliphatic rings. The van der Waals surface area contributed by atoms with Gasteiger partial charge >= 0.3 is 43.2 Å². The van der Waals surface area contributed by atoms with Crippen LogP contribution in [0, 0.1) is 0 Å². The van der Waals surface area contributed by atoms with Crippen molar-refractivity contribution in [1.82, 2.24) is 0 Å². The number of hydrogen-bond acceptors (Lipinski definition) is 4. The summed E-state index contributed by atoms with van der Waals surface area (Å²) in [6.45, 7) is -6.04. The predicted molar refractivity (Wildman–Crippen MR) is 57.2 cm³/mol. The molecular weight excluding hydrogens is 412 g/mol. The third kappa shape index (κ3) is 10.4. The number of hydrogen-bond donors (Lipinski definition) is 1. The molecule has 0 atom stereocenters. The number of carbonyl (C=O) groups excluding carboxylic acids is 1. The Hall–Kier alpha value is -1.61. The summed E-state index contributed by atoms with van der Waals surface area (Å²) in [6.07, 6.45) is -14.2. The standard InChI is InChI=1S/C7H6F8O3.C3H4F4O/c8-3(9)6(12,13)1-17-5(16)18-2-7(14,15)4(10)11;4-2(5)3(6,7)1-8/h3-4H,1-2H2;2,8H,1H2. The number of carbonyl (C=O) groups is 1. The molecule has 0 radical (unpaired) electrons. The number of ether oxygens (including phenoxy) is 2. The molecule has 1 N–H and O–H groups in total. The van der Waals surface area contributed by atoms with Crippen LogP contribution in [0.25, 0.3) is 0 Å². The third-order valence-corrected chi connectivity index (χ3v) is 1.93. The molecule has 158 valence electrons. The highest BCUT2D eigenvalue weighted by Crippen LogP contribution is 2.25. The second-order valence-corrected chi connectivity index (χ2v) is 4.17. The van der Waals surface area contributed by atoms with Crippen molar-refractivity contribution in [3.8, 4) is 0 Å². The van der Waals surface area contributed by atoms with Crippen LogP contribution >= 0.6 is 0 Å². The van der Waals surface area contributed by atoms with Crippen molar-refractivity contribution < 1.29 is 72.1 Å². The topological polar surface area (TPSA) is 55.8 Å². The lowest BCUT2D eigenvalue weighted by Crippen LogP contribution is -2.36. The minimum atomic E-state index is -4.69. The Balaban J connectivity index is 0. The van der Waals surface area contributed by atoms with Gasteiger partial charge in [0.15, 0.2) is 13.2 Å². The Morgan fingerprint density at radius 3 is 1.12 bits per heavy atom. The highest BCUT2D eigenvalue weighted by molar-refractivity contribution is 5.59. The van der Waals surface area contributed by atoms with Gasteiger partial charge in [-0.3, -0.25) is 0 Å². The molecule has 0 aliphatic heterocycles. The first-order valence-electron chi connectivity index (χ1n) is 5.88. The summed E-state index contributed by atoms with van der Waals surface area (Å²) in [7, 11) is 0. The van der Waals surface area contributed by atoms with E-state index in [0.29, 0.717) is 0 Å². The molecule has 0 saturated heterocycles. The summed E-state index contributed by atoms with van der Waals surface area (Å²) in [4.78, 5) is 10.4. The largest absolute Gasteiger partial charge is 0.508 e. The fourth-order valence-electron chi connectivity index (χ4n) is 0.547. The van der Waals surface area contributed by atoms with Crippen LogP contribution in [0.1, 0.15) is 0 Å². The Labute approximate surface area is 136 Å². The maximum Gasteiger partial charge on any atom is 0.508 e. The number of rotatable bonds is 8. The van der Waals surface area contributed by atoms with E-state index in [1.54, 1.807) is 0 Å². The molecule has 0 saturated carbocycles. The quantitative estimate of drug-likeness (QED) is 0.478. The van der Waals surface area contributed by atoms with Gasteiger partial charge in [0.1, 0.15) is 6.61 Å². The van der Waals surface area contributed by atoms with E-state index >= 15 is 0 Å². The van der Waals surface area contributed by atoms with Crippen molar-refractivity contribution in [2.45, 2.75) is 37.0 Å². The average Bonchev–Trinajstić information content (AvgIpc) is 2.51. The summed E-state index contributed by atoms with van der Waals surface area (Å²) in [5.74, 6) is -13.6. The Kier molecular flexibility index (Phi) is 10.8. The first-order chi connectivity index (χ1) is 11.5. The van der Waals surface area contributed by atoms with Crippen molar-refractivity contribution in [3.05, 3.63) is 0 Å². The Morgan fingerprint density at radius 2 is 0.962 bits per heavy atom. The molecule has 0 spiro atoms. The SMILES string of the molecule is O=C(OCC(F)(F)C(F)F)OCC(F)(F)C(F)F.OCC(F)(F)C(F)F. The number of aliphatic hydroxyl groups is 1. The molecule has 0 bridgehead atoms. The van der Waals surface area contributed by atoms with E-state index in [9.17, 15) is 57.5 Å². The molecule has 0 heterocycles. The molecule has 4 nitrogen and oxygen atoms in total. The van der Waals surface area contributed by atoms with Gasteiger partial charge in [-0.05, 0) is 0 Å². The van der Waals surface area contributed by atoms with Crippen LogP contribution in [0.4, 0.5) is 57.5 Å². The number of aliphatic hydroxyl groups excluding tert-OH is 1. The average molecular weight is 422 g/mol. The molecule has 16 heteroatoms. The molecule has 0 fully saturated rings. The fraction of sp³-hybridized carbons (Fsp3) is 0.900. The van der Waals surface area contributed by atoms with E-state index in [-0.39, 0.29) is 0 Å². The van der Waals surface area contributed by atoms with Gasteiger partial charge in [-0.15, -0.1) is 0 Å². The van der Waals surface area contributed by atoms with E-state index in [2.05, 4.69) is 9.47 Å². The normalized spacial score (nSPS) is 12.9. The van der Waals surface area contributed by atoms with Crippen LogP contribution in [0.2, 0.25) is 0 Å². The van der Waals surface area contributed by atoms with Gasteiger partial charge < -0.3 is 14.6 Å². The zero-order chi connectivity index (χ0) is 21.3. The monoisotopic (exact) mass is 422 g/mol. The van der Waals surface area contributed by atoms with Gasteiger partial charge in [-0.2, -0.15) is 26.3 Å². The first kappa shape index (κ1) is 26.6. The van der Waals surface area contributed by atoms with Crippen molar-refractivity contribution in [2.24, 2.45) is 0 Å². The van der Waals surface area contributed by atoms with Crippen LogP contribution in [-0.4, -0.2) is 68.1 Å². The summed E-state index contributed by atoms with van der Waals surface area (Å²) < 4.78 is 146. The number of alkyl halides is 12. The smallest absolute Gasteiger partial charge is 0.428 e. The van der Waals surface area contributed by atoms with Crippen LogP contribution in [-0.2, 0) is 9.47 Å². The van der Waals surface area contributed by atoms with Crippen LogP contribution in [0.15, 0.2) is 0 Å². The van der Waals surface area contributed by atoms with E-state index in [1.165, 1.54) is 0 Å². The maximum atomic E-state index is 12.2. The highest BCUT2D eigenvalue weighted by atomic mass is 19.3. The second kappa shape index (κ2) is 10.5. The third-order valence-electron chi connectivity index (χ3n) is 1.93. The lowest BCUT2D eigenvalue weighted by molar-refractivity contribution is -0.173. The predicted octanol–water partition coefficient (Wildman–Crippen LogP) is 3.82. The molecular formula is C10H10F12O4. The Bertz CT molecular complexity index is 389. The van der Waals surface area contributed by atoms with Gasteiger partial charge in [0.2, 0.25) is 0 Å². The summed E-state index contributed by atoms with van der Waals surface area (Å²) in [5, 5.41) is 7.53. The second-order valence-electron chi connectivity index (χ2n) is 4.17. The van der Waals surface area contributed by atoms with Crippen LogP contribution in [0.3, 0.4) is 0 Å². The van der Waals surface area contributed by atoms with Gasteiger partial charge in [0, 0.05) is 0 Å². The lowest BCUT2D eigenvalue weighted by Gasteiger charge is -2.17. The van der Waals surface area contributed by atoms with Crippen LogP contribution < -0.4 is 0 Å². The van der Waals surface area contributed by atoms with Gasteiger partial charge in [0.05, 0.1) is 0 Å². The molecule has 0 rings (SSSR count). The molecule has 0 aromatic rings. The summed E-state index contributed by atoms with van der Waals surface area (Å²) >= 11 is 0. The van der Waals surface area contributed by atoms with Gasteiger partial charge in [0.25, 0.3) is 0 Å². The molecule has 0 unspecified atom stereocenters. The van der Waals surface area contributed by atoms with Crippen molar-refractivity contribution in [3.63, 3.8) is 0 Å². The minimum Gasteiger partial charge on any atom is -0.428 e. The van der Waals surface area contributed by atoms with Crippen molar-refractivity contribution in [1.29, 1.82) is 0 Å². The van der Waals surface area contributed by atoms with E-state index < -0.39 is 63.0 Å². The molecule has 0 aromatic heterocycles. The van der Waals surface area contributed by atoms with Gasteiger partial charge in [-0.25, -0.2) is 31.1 Å². The first-order valence-corrected chi connectivity index (χ1v) is 5.88. The molecule has 0 aliphatic carbocycles. The summed E-state index contributed by atoms with van der Waals surface area (Å²) in [5.41, 5.74) is 0. The summed E-state index contributed by atoms with van der Waals surface area (Å²) in [6, 6.07) is 0. The molecule has 0 amide bonds. The number of halogens is 12. The van der Waals surface area contributed by atoms with Crippen LogP contribution in [0.5, 0.6) is 0 Å².